The molecule has 3 heteroatoms. The zero-order chi connectivity index (χ0) is 9.84. The number of alkyl halides is 1. The van der Waals surface area contributed by atoms with E-state index >= 15 is 0 Å². The van der Waals surface area contributed by atoms with Gasteiger partial charge in [0.2, 0.25) is 0 Å². The van der Waals surface area contributed by atoms with Crippen LogP contribution in [-0.2, 0) is 5.88 Å². The number of hydrogen-bond donors (Lipinski definition) is 0. The Labute approximate surface area is 84.5 Å². The first-order chi connectivity index (χ1) is 6.16. The molecule has 72 valence electrons. The average molecular weight is 199 g/mol. The summed E-state index contributed by atoms with van der Waals surface area (Å²) in [7, 11) is 2.03. The van der Waals surface area contributed by atoms with Crippen LogP contribution < -0.4 is 4.90 Å². The molecule has 0 bridgehead atoms. The van der Waals surface area contributed by atoms with Crippen molar-refractivity contribution in [3.63, 3.8) is 0 Å². The molecule has 0 spiro atoms. The number of anilines is 1. The van der Waals surface area contributed by atoms with E-state index in [0.29, 0.717) is 11.9 Å². The fourth-order valence-electron chi connectivity index (χ4n) is 1.10. The molecular weight excluding hydrogens is 184 g/mol. The zero-order valence-electron chi connectivity index (χ0n) is 8.29. The molecule has 0 radical (unpaired) electrons. The molecule has 0 atom stereocenters. The third-order valence-corrected chi connectivity index (χ3v) is 2.41. The van der Waals surface area contributed by atoms with Gasteiger partial charge in [0.25, 0.3) is 0 Å². The third kappa shape index (κ3) is 2.34. The Morgan fingerprint density at radius 1 is 1.54 bits per heavy atom. The van der Waals surface area contributed by atoms with E-state index in [1.807, 2.05) is 19.2 Å². The van der Waals surface area contributed by atoms with Gasteiger partial charge in [0.15, 0.2) is 0 Å². The highest BCUT2D eigenvalue weighted by Gasteiger charge is 2.09. The summed E-state index contributed by atoms with van der Waals surface area (Å²) in [5.41, 5.74) is 1.08. The van der Waals surface area contributed by atoms with Gasteiger partial charge in [-0.25, -0.2) is 4.98 Å². The summed E-state index contributed by atoms with van der Waals surface area (Å²) in [4.78, 5) is 6.43. The maximum atomic E-state index is 5.81. The molecule has 0 aromatic carbocycles. The molecule has 0 N–H and O–H groups in total. The molecule has 0 saturated carbocycles. The summed E-state index contributed by atoms with van der Waals surface area (Å²) < 4.78 is 0. The number of nitrogens with zero attached hydrogens (tertiary/aromatic N) is 2. The molecule has 1 rings (SSSR count). The van der Waals surface area contributed by atoms with Crippen LogP contribution in [0.25, 0.3) is 0 Å². The van der Waals surface area contributed by atoms with Gasteiger partial charge in [0.05, 0.1) is 5.88 Å². The van der Waals surface area contributed by atoms with Crippen molar-refractivity contribution < 1.29 is 0 Å². The lowest BCUT2D eigenvalue weighted by atomic mass is 10.2. The average Bonchev–Trinajstić information content (AvgIpc) is 2.16. The van der Waals surface area contributed by atoms with E-state index in [1.165, 1.54) is 0 Å². The predicted molar refractivity (Wildman–Crippen MR) is 57.3 cm³/mol. The molecule has 0 unspecified atom stereocenters. The van der Waals surface area contributed by atoms with Crippen molar-refractivity contribution in [2.75, 3.05) is 11.9 Å². The normalized spacial score (nSPS) is 10.5. The molecule has 0 aliphatic rings. The lowest BCUT2D eigenvalue weighted by Gasteiger charge is -2.24. The minimum atomic E-state index is 0.442. The van der Waals surface area contributed by atoms with Crippen molar-refractivity contribution in [2.45, 2.75) is 25.8 Å². The first-order valence-electron chi connectivity index (χ1n) is 4.39. The number of halogens is 1. The van der Waals surface area contributed by atoms with E-state index in [4.69, 9.17) is 11.6 Å². The summed E-state index contributed by atoms with van der Waals surface area (Å²) in [5.74, 6) is 1.49. The van der Waals surface area contributed by atoms with Crippen molar-refractivity contribution in [3.05, 3.63) is 23.9 Å². The zero-order valence-corrected chi connectivity index (χ0v) is 9.04. The van der Waals surface area contributed by atoms with Gasteiger partial charge in [-0.3, -0.25) is 0 Å². The van der Waals surface area contributed by atoms with Gasteiger partial charge >= 0.3 is 0 Å². The van der Waals surface area contributed by atoms with E-state index in [1.54, 1.807) is 6.20 Å². The second-order valence-corrected chi connectivity index (χ2v) is 3.59. The molecule has 0 fully saturated rings. The Hall–Kier alpha value is -0.760. The van der Waals surface area contributed by atoms with Crippen LogP contribution in [0.4, 0.5) is 5.82 Å². The molecule has 1 heterocycles. The molecule has 1 aromatic heterocycles. The number of rotatable bonds is 3. The lowest BCUT2D eigenvalue weighted by Crippen LogP contribution is -2.27. The summed E-state index contributed by atoms with van der Waals surface area (Å²) >= 11 is 5.81. The predicted octanol–water partition coefficient (Wildman–Crippen LogP) is 2.67. The monoisotopic (exact) mass is 198 g/mol. The van der Waals surface area contributed by atoms with Gasteiger partial charge in [-0.05, 0) is 19.9 Å². The first-order valence-corrected chi connectivity index (χ1v) is 4.93. The van der Waals surface area contributed by atoms with Crippen molar-refractivity contribution in [1.82, 2.24) is 4.98 Å². The number of pyridine rings is 1. The van der Waals surface area contributed by atoms with Crippen LogP contribution >= 0.6 is 11.6 Å². The van der Waals surface area contributed by atoms with E-state index in [0.717, 1.165) is 11.4 Å². The molecule has 0 aliphatic heterocycles. The minimum absolute atomic E-state index is 0.442. The topological polar surface area (TPSA) is 16.1 Å². The Morgan fingerprint density at radius 2 is 2.23 bits per heavy atom. The second-order valence-electron chi connectivity index (χ2n) is 3.32. The van der Waals surface area contributed by atoms with Gasteiger partial charge in [-0.1, -0.05) is 6.07 Å². The van der Waals surface area contributed by atoms with Gasteiger partial charge in [0, 0.05) is 24.8 Å². The van der Waals surface area contributed by atoms with Crippen molar-refractivity contribution in [3.8, 4) is 0 Å². The van der Waals surface area contributed by atoms with Crippen molar-refractivity contribution in [2.24, 2.45) is 0 Å². The minimum Gasteiger partial charge on any atom is -0.357 e. The highest BCUT2D eigenvalue weighted by molar-refractivity contribution is 6.17. The maximum absolute atomic E-state index is 5.81. The van der Waals surface area contributed by atoms with Gasteiger partial charge in [0.1, 0.15) is 5.82 Å². The summed E-state index contributed by atoms with van der Waals surface area (Å²) in [6.45, 7) is 4.26. The van der Waals surface area contributed by atoms with E-state index in [-0.39, 0.29) is 0 Å². The molecule has 0 saturated heterocycles. The Bertz CT molecular complexity index is 273. The van der Waals surface area contributed by atoms with Crippen LogP contribution in [0.2, 0.25) is 0 Å². The van der Waals surface area contributed by atoms with Crippen molar-refractivity contribution >= 4 is 17.4 Å². The van der Waals surface area contributed by atoms with Gasteiger partial charge < -0.3 is 4.90 Å². The van der Waals surface area contributed by atoms with E-state index in [9.17, 15) is 0 Å². The van der Waals surface area contributed by atoms with Crippen LogP contribution in [-0.4, -0.2) is 18.1 Å². The molecule has 0 amide bonds. The first kappa shape index (κ1) is 10.3. The summed E-state index contributed by atoms with van der Waals surface area (Å²) in [5, 5.41) is 0. The standard InChI is InChI=1S/C10H15ClN2/c1-8(2)13(3)10-9(7-11)5-4-6-12-10/h4-6,8H,7H2,1-3H3. The molecule has 13 heavy (non-hydrogen) atoms. The molecular formula is C10H15ClN2. The fourth-order valence-corrected chi connectivity index (χ4v) is 1.31. The summed E-state index contributed by atoms with van der Waals surface area (Å²) in [6, 6.07) is 4.36. The summed E-state index contributed by atoms with van der Waals surface area (Å²) in [6.07, 6.45) is 1.80. The van der Waals surface area contributed by atoms with Crippen LogP contribution in [0.1, 0.15) is 19.4 Å². The SMILES string of the molecule is CC(C)N(C)c1ncccc1CCl. The third-order valence-electron chi connectivity index (χ3n) is 2.12. The number of hydrogen-bond acceptors (Lipinski definition) is 2. The smallest absolute Gasteiger partial charge is 0.132 e. The Kier molecular flexibility index (Phi) is 3.55. The lowest BCUT2D eigenvalue weighted by molar-refractivity contribution is 0.740. The highest BCUT2D eigenvalue weighted by atomic mass is 35.5. The Morgan fingerprint density at radius 3 is 2.77 bits per heavy atom. The number of aromatic nitrogens is 1. The second kappa shape index (κ2) is 4.47. The van der Waals surface area contributed by atoms with Crippen LogP contribution in [0, 0.1) is 0 Å². The largest absolute Gasteiger partial charge is 0.357 e. The highest BCUT2D eigenvalue weighted by Crippen LogP contribution is 2.19. The quantitative estimate of drug-likeness (QED) is 0.695. The molecule has 1 aromatic rings. The Balaban J connectivity index is 2.98. The maximum Gasteiger partial charge on any atom is 0.132 e. The fraction of sp³-hybridized carbons (Fsp3) is 0.500. The van der Waals surface area contributed by atoms with Crippen LogP contribution in [0.15, 0.2) is 18.3 Å². The molecule has 2 nitrogen and oxygen atoms in total. The van der Waals surface area contributed by atoms with Crippen molar-refractivity contribution in [1.29, 1.82) is 0 Å². The van der Waals surface area contributed by atoms with Gasteiger partial charge in [-0.2, -0.15) is 0 Å². The van der Waals surface area contributed by atoms with Crippen LogP contribution in [0.3, 0.4) is 0 Å². The van der Waals surface area contributed by atoms with Gasteiger partial charge in [-0.15, -0.1) is 11.6 Å². The van der Waals surface area contributed by atoms with Crippen LogP contribution in [0.5, 0.6) is 0 Å². The van der Waals surface area contributed by atoms with E-state index < -0.39 is 0 Å². The van der Waals surface area contributed by atoms with E-state index in [2.05, 4.69) is 23.7 Å². The molecule has 0 aliphatic carbocycles.